The van der Waals surface area contributed by atoms with Crippen LogP contribution in [0.5, 0.6) is 5.75 Å². The van der Waals surface area contributed by atoms with E-state index in [0.717, 1.165) is 17.9 Å². The summed E-state index contributed by atoms with van der Waals surface area (Å²) in [4.78, 5) is 0. The van der Waals surface area contributed by atoms with Crippen molar-refractivity contribution in [2.75, 3.05) is 19.0 Å². The minimum atomic E-state index is 0.103. The van der Waals surface area contributed by atoms with Crippen LogP contribution in [0.4, 0.5) is 5.69 Å². The minimum Gasteiger partial charge on any atom is -0.497 e. The largest absolute Gasteiger partial charge is 0.497 e. The van der Waals surface area contributed by atoms with Gasteiger partial charge in [0.2, 0.25) is 0 Å². The molecular formula is C18H21NO2. The number of nitrogens with one attached hydrogen (secondary N) is 1. The van der Waals surface area contributed by atoms with Gasteiger partial charge in [0.1, 0.15) is 5.75 Å². The summed E-state index contributed by atoms with van der Waals surface area (Å²) in [6.45, 7) is 2.75. The van der Waals surface area contributed by atoms with Crippen LogP contribution in [0.15, 0.2) is 48.5 Å². The molecule has 0 spiro atoms. The van der Waals surface area contributed by atoms with Crippen LogP contribution in [0.1, 0.15) is 36.6 Å². The van der Waals surface area contributed by atoms with Crippen molar-refractivity contribution >= 4 is 5.69 Å². The van der Waals surface area contributed by atoms with Crippen molar-refractivity contribution in [2.24, 2.45) is 0 Å². The zero-order chi connectivity index (χ0) is 14.7. The zero-order valence-electron chi connectivity index (χ0n) is 12.5. The van der Waals surface area contributed by atoms with E-state index in [4.69, 9.17) is 9.47 Å². The van der Waals surface area contributed by atoms with Gasteiger partial charge >= 0.3 is 0 Å². The normalized spacial score (nSPS) is 20.5. The number of methoxy groups -OCH3 is 1. The summed E-state index contributed by atoms with van der Waals surface area (Å²) < 4.78 is 11.3. The van der Waals surface area contributed by atoms with E-state index in [-0.39, 0.29) is 12.1 Å². The minimum absolute atomic E-state index is 0.103. The molecule has 0 fully saturated rings. The van der Waals surface area contributed by atoms with Crippen LogP contribution in [0.3, 0.4) is 0 Å². The van der Waals surface area contributed by atoms with Crippen LogP contribution in [0, 0.1) is 0 Å². The molecular weight excluding hydrogens is 262 g/mol. The van der Waals surface area contributed by atoms with Crippen molar-refractivity contribution in [3.8, 4) is 5.75 Å². The average Bonchev–Trinajstić information content (AvgIpc) is 2.55. The zero-order valence-corrected chi connectivity index (χ0v) is 12.5. The highest BCUT2D eigenvalue weighted by Crippen LogP contribution is 2.42. The Labute approximate surface area is 125 Å². The van der Waals surface area contributed by atoms with E-state index >= 15 is 0 Å². The third-order valence-electron chi connectivity index (χ3n) is 3.95. The molecule has 2 aromatic rings. The van der Waals surface area contributed by atoms with Gasteiger partial charge in [0.05, 0.1) is 19.3 Å². The van der Waals surface area contributed by atoms with Gasteiger partial charge in [0.25, 0.3) is 0 Å². The smallest absolute Gasteiger partial charge is 0.119 e. The molecule has 0 radical (unpaired) electrons. The van der Waals surface area contributed by atoms with Crippen molar-refractivity contribution in [2.45, 2.75) is 25.5 Å². The van der Waals surface area contributed by atoms with E-state index < -0.39 is 0 Å². The third kappa shape index (κ3) is 2.88. The van der Waals surface area contributed by atoms with Crippen LogP contribution in [0.2, 0.25) is 0 Å². The lowest BCUT2D eigenvalue weighted by atomic mass is 9.91. The molecule has 110 valence electrons. The fourth-order valence-electron chi connectivity index (χ4n) is 2.92. The molecule has 0 aromatic heterocycles. The Bertz CT molecular complexity index is 597. The lowest BCUT2D eigenvalue weighted by Crippen LogP contribution is -2.23. The molecule has 1 N–H and O–H groups in total. The van der Waals surface area contributed by atoms with Gasteiger partial charge in [0, 0.05) is 24.3 Å². The highest BCUT2D eigenvalue weighted by Gasteiger charge is 2.28. The molecule has 0 unspecified atom stereocenters. The van der Waals surface area contributed by atoms with Crippen LogP contribution in [-0.2, 0) is 4.74 Å². The van der Waals surface area contributed by atoms with Gasteiger partial charge in [-0.1, -0.05) is 30.3 Å². The number of hydrogen-bond donors (Lipinski definition) is 1. The number of ether oxygens (including phenoxy) is 2. The molecule has 1 aliphatic rings. The second-order valence-corrected chi connectivity index (χ2v) is 5.24. The second-order valence-electron chi connectivity index (χ2n) is 5.24. The van der Waals surface area contributed by atoms with Gasteiger partial charge in [-0.2, -0.15) is 0 Å². The monoisotopic (exact) mass is 283 g/mol. The fraction of sp³-hybridized carbons (Fsp3) is 0.333. The molecule has 3 nitrogen and oxygen atoms in total. The Morgan fingerprint density at radius 2 is 1.95 bits per heavy atom. The maximum atomic E-state index is 5.96. The van der Waals surface area contributed by atoms with Crippen LogP contribution < -0.4 is 10.1 Å². The summed E-state index contributed by atoms with van der Waals surface area (Å²) in [5.74, 6) is 0.874. The molecule has 2 aromatic carbocycles. The summed E-state index contributed by atoms with van der Waals surface area (Å²) in [6, 6.07) is 17.0. The summed E-state index contributed by atoms with van der Waals surface area (Å²) in [7, 11) is 1.69. The van der Waals surface area contributed by atoms with Gasteiger partial charge in [-0.15, -0.1) is 0 Å². The van der Waals surface area contributed by atoms with E-state index in [1.165, 1.54) is 11.1 Å². The number of rotatable bonds is 4. The van der Waals surface area contributed by atoms with E-state index in [1.807, 2.05) is 19.1 Å². The first-order valence-corrected chi connectivity index (χ1v) is 7.43. The lowest BCUT2D eigenvalue weighted by Gasteiger charge is -2.33. The predicted molar refractivity (Wildman–Crippen MR) is 84.8 cm³/mol. The SMILES string of the molecule is CCO[C@H]1C[C@H](c2ccccc2)Nc2ccc(OC)cc21. The van der Waals surface area contributed by atoms with Gasteiger partial charge in [-0.3, -0.25) is 0 Å². The molecule has 3 rings (SSSR count). The van der Waals surface area contributed by atoms with E-state index in [9.17, 15) is 0 Å². The molecule has 0 aliphatic carbocycles. The van der Waals surface area contributed by atoms with E-state index in [2.05, 4.69) is 41.7 Å². The Morgan fingerprint density at radius 3 is 2.67 bits per heavy atom. The Morgan fingerprint density at radius 1 is 1.14 bits per heavy atom. The molecule has 1 heterocycles. The van der Waals surface area contributed by atoms with Crippen LogP contribution in [-0.4, -0.2) is 13.7 Å². The number of anilines is 1. The summed E-state index contributed by atoms with van der Waals surface area (Å²) in [5, 5.41) is 3.62. The van der Waals surface area contributed by atoms with Crippen molar-refractivity contribution in [3.63, 3.8) is 0 Å². The molecule has 21 heavy (non-hydrogen) atoms. The van der Waals surface area contributed by atoms with Gasteiger partial charge in [-0.05, 0) is 30.7 Å². The van der Waals surface area contributed by atoms with E-state index in [0.29, 0.717) is 6.61 Å². The Hall–Kier alpha value is -2.00. The quantitative estimate of drug-likeness (QED) is 0.906. The first-order valence-electron chi connectivity index (χ1n) is 7.43. The summed E-state index contributed by atoms with van der Waals surface area (Å²) >= 11 is 0. The standard InChI is InChI=1S/C18H21NO2/c1-3-21-18-12-17(13-7-5-4-6-8-13)19-16-10-9-14(20-2)11-15(16)18/h4-11,17-19H,3,12H2,1-2H3/t17-,18+/m1/s1. The maximum absolute atomic E-state index is 5.96. The number of hydrogen-bond acceptors (Lipinski definition) is 3. The van der Waals surface area contributed by atoms with Crippen LogP contribution in [0.25, 0.3) is 0 Å². The van der Waals surface area contributed by atoms with Crippen LogP contribution >= 0.6 is 0 Å². The van der Waals surface area contributed by atoms with Crippen molar-refractivity contribution in [1.29, 1.82) is 0 Å². The molecule has 2 atom stereocenters. The highest BCUT2D eigenvalue weighted by atomic mass is 16.5. The molecule has 3 heteroatoms. The first-order chi connectivity index (χ1) is 10.3. The average molecular weight is 283 g/mol. The topological polar surface area (TPSA) is 30.5 Å². The van der Waals surface area contributed by atoms with Gasteiger partial charge < -0.3 is 14.8 Å². The van der Waals surface area contributed by atoms with Crippen molar-refractivity contribution in [1.82, 2.24) is 0 Å². The maximum Gasteiger partial charge on any atom is 0.119 e. The second kappa shape index (κ2) is 6.19. The number of benzene rings is 2. The molecule has 0 saturated carbocycles. The predicted octanol–water partition coefficient (Wildman–Crippen LogP) is 4.33. The van der Waals surface area contributed by atoms with Crippen molar-refractivity contribution in [3.05, 3.63) is 59.7 Å². The third-order valence-corrected chi connectivity index (χ3v) is 3.95. The molecule has 0 amide bonds. The van der Waals surface area contributed by atoms with E-state index in [1.54, 1.807) is 7.11 Å². The first kappa shape index (κ1) is 14.0. The number of fused-ring (bicyclic) bond motifs is 1. The summed E-state index contributed by atoms with van der Waals surface area (Å²) in [5.41, 5.74) is 3.61. The molecule has 0 saturated heterocycles. The summed E-state index contributed by atoms with van der Waals surface area (Å²) in [6.07, 6.45) is 1.03. The van der Waals surface area contributed by atoms with Gasteiger partial charge in [0.15, 0.2) is 0 Å². The highest BCUT2D eigenvalue weighted by molar-refractivity contribution is 5.58. The Balaban J connectivity index is 1.94. The molecule has 1 aliphatic heterocycles. The Kier molecular flexibility index (Phi) is 4.11. The molecule has 0 bridgehead atoms. The lowest BCUT2D eigenvalue weighted by molar-refractivity contribution is 0.0497. The van der Waals surface area contributed by atoms with Crippen molar-refractivity contribution < 1.29 is 9.47 Å². The van der Waals surface area contributed by atoms with Gasteiger partial charge in [-0.25, -0.2) is 0 Å². The fourth-order valence-corrected chi connectivity index (χ4v) is 2.92.